The molecule has 4 heteroatoms. The van der Waals surface area contributed by atoms with Gasteiger partial charge in [0.2, 0.25) is 0 Å². The summed E-state index contributed by atoms with van der Waals surface area (Å²) in [5.74, 6) is 0. The molecule has 1 aromatic heterocycles. The van der Waals surface area contributed by atoms with Crippen LogP contribution in [0.25, 0.3) is 0 Å². The number of anilines is 2. The molecule has 0 amide bonds. The number of rotatable bonds is 3. The third-order valence-corrected chi connectivity index (χ3v) is 1.49. The summed E-state index contributed by atoms with van der Waals surface area (Å²) in [5, 5.41) is 1.64. The van der Waals surface area contributed by atoms with E-state index >= 15 is 0 Å². The second-order valence-electron chi connectivity index (χ2n) is 2.35. The first-order chi connectivity index (χ1) is 5.75. The van der Waals surface area contributed by atoms with Gasteiger partial charge < -0.3 is 5.73 Å². The van der Waals surface area contributed by atoms with Crippen LogP contribution in [-0.4, -0.2) is 18.6 Å². The molecule has 0 aliphatic rings. The second kappa shape index (κ2) is 3.92. The molecule has 1 heterocycles. The number of hydroxylamine groups is 1. The van der Waals surface area contributed by atoms with Gasteiger partial charge in [-0.3, -0.25) is 14.9 Å². The fourth-order valence-electron chi connectivity index (χ4n) is 0.949. The van der Waals surface area contributed by atoms with Crippen LogP contribution in [0.1, 0.15) is 6.92 Å². The van der Waals surface area contributed by atoms with Gasteiger partial charge in [0, 0.05) is 13.2 Å². The highest BCUT2D eigenvalue weighted by Gasteiger charge is 2.03. The van der Waals surface area contributed by atoms with Crippen molar-refractivity contribution in [2.75, 3.05) is 24.5 Å². The molecule has 0 aromatic carbocycles. The van der Waals surface area contributed by atoms with Crippen molar-refractivity contribution in [3.8, 4) is 0 Å². The van der Waals surface area contributed by atoms with E-state index < -0.39 is 0 Å². The van der Waals surface area contributed by atoms with E-state index in [1.165, 1.54) is 0 Å². The predicted octanol–water partition coefficient (Wildman–Crippen LogP) is 1.05. The Morgan fingerprint density at radius 2 is 2.42 bits per heavy atom. The molecular weight excluding hydrogens is 154 g/mol. The molecular formula is C8H13N3O. The highest BCUT2D eigenvalue weighted by atomic mass is 16.7. The summed E-state index contributed by atoms with van der Waals surface area (Å²) in [7, 11) is 1.81. The molecule has 0 saturated carbocycles. The zero-order chi connectivity index (χ0) is 8.97. The van der Waals surface area contributed by atoms with Gasteiger partial charge in [0.1, 0.15) is 0 Å². The summed E-state index contributed by atoms with van der Waals surface area (Å²) in [6, 6.07) is 1.81. The first kappa shape index (κ1) is 8.80. The summed E-state index contributed by atoms with van der Waals surface area (Å²) in [4.78, 5) is 9.11. The molecule has 0 atom stereocenters. The van der Waals surface area contributed by atoms with Crippen molar-refractivity contribution in [1.29, 1.82) is 0 Å². The van der Waals surface area contributed by atoms with E-state index in [2.05, 4.69) is 4.98 Å². The number of nitrogen functional groups attached to an aromatic ring is 1. The summed E-state index contributed by atoms with van der Waals surface area (Å²) in [6.07, 6.45) is 3.28. The van der Waals surface area contributed by atoms with Crippen molar-refractivity contribution in [2.24, 2.45) is 0 Å². The van der Waals surface area contributed by atoms with E-state index in [4.69, 9.17) is 10.6 Å². The molecule has 0 spiro atoms. The summed E-state index contributed by atoms with van der Waals surface area (Å²) >= 11 is 0. The molecule has 0 unspecified atom stereocenters. The van der Waals surface area contributed by atoms with Crippen molar-refractivity contribution >= 4 is 11.4 Å². The number of nitrogens with zero attached hydrogens (tertiary/aromatic N) is 2. The van der Waals surface area contributed by atoms with Crippen LogP contribution in [0.3, 0.4) is 0 Å². The van der Waals surface area contributed by atoms with Gasteiger partial charge in [-0.25, -0.2) is 0 Å². The van der Waals surface area contributed by atoms with Gasteiger partial charge in [-0.15, -0.1) is 0 Å². The van der Waals surface area contributed by atoms with Crippen LogP contribution < -0.4 is 10.8 Å². The molecule has 4 nitrogen and oxygen atoms in total. The Hall–Kier alpha value is -1.29. The summed E-state index contributed by atoms with van der Waals surface area (Å²) < 4.78 is 0. The minimum atomic E-state index is 0.619. The van der Waals surface area contributed by atoms with Gasteiger partial charge in [0.25, 0.3) is 0 Å². The third-order valence-electron chi connectivity index (χ3n) is 1.49. The van der Waals surface area contributed by atoms with Gasteiger partial charge >= 0.3 is 0 Å². The topological polar surface area (TPSA) is 51.4 Å². The monoisotopic (exact) mass is 167 g/mol. The van der Waals surface area contributed by atoms with Crippen LogP contribution in [-0.2, 0) is 4.84 Å². The van der Waals surface area contributed by atoms with Gasteiger partial charge in [-0.2, -0.15) is 0 Å². The zero-order valence-corrected chi connectivity index (χ0v) is 7.32. The summed E-state index contributed by atoms with van der Waals surface area (Å²) in [5.41, 5.74) is 7.13. The van der Waals surface area contributed by atoms with Gasteiger partial charge in [-0.05, 0) is 13.0 Å². The lowest BCUT2D eigenvalue weighted by molar-refractivity contribution is 0.135. The molecule has 12 heavy (non-hydrogen) atoms. The van der Waals surface area contributed by atoms with Crippen LogP contribution in [0.4, 0.5) is 11.4 Å². The maximum Gasteiger partial charge on any atom is 0.0893 e. The van der Waals surface area contributed by atoms with Crippen molar-refractivity contribution in [3.63, 3.8) is 0 Å². The lowest BCUT2D eigenvalue weighted by Crippen LogP contribution is -2.18. The van der Waals surface area contributed by atoms with Crippen LogP contribution >= 0.6 is 0 Å². The van der Waals surface area contributed by atoms with E-state index in [0.717, 1.165) is 5.69 Å². The Morgan fingerprint density at radius 1 is 1.67 bits per heavy atom. The number of nitrogens with two attached hydrogens (primary N) is 1. The number of aromatic nitrogens is 1. The molecule has 1 rings (SSSR count). The maximum absolute atomic E-state index is 5.67. The average molecular weight is 167 g/mol. The van der Waals surface area contributed by atoms with Crippen molar-refractivity contribution in [3.05, 3.63) is 18.5 Å². The van der Waals surface area contributed by atoms with Crippen LogP contribution in [0.2, 0.25) is 0 Å². The minimum Gasteiger partial charge on any atom is -0.396 e. The van der Waals surface area contributed by atoms with Crippen molar-refractivity contribution in [2.45, 2.75) is 6.92 Å². The van der Waals surface area contributed by atoms with E-state index in [1.807, 2.05) is 20.0 Å². The third kappa shape index (κ3) is 1.85. The van der Waals surface area contributed by atoms with Crippen molar-refractivity contribution in [1.82, 2.24) is 4.98 Å². The largest absolute Gasteiger partial charge is 0.396 e. The lowest BCUT2D eigenvalue weighted by Gasteiger charge is -2.18. The zero-order valence-electron chi connectivity index (χ0n) is 7.32. The highest BCUT2D eigenvalue weighted by Crippen LogP contribution is 2.19. The van der Waals surface area contributed by atoms with Gasteiger partial charge in [0.15, 0.2) is 0 Å². The van der Waals surface area contributed by atoms with E-state index in [1.54, 1.807) is 17.5 Å². The molecule has 0 fully saturated rings. The van der Waals surface area contributed by atoms with Gasteiger partial charge in [-0.1, -0.05) is 0 Å². The molecule has 2 N–H and O–H groups in total. The molecule has 0 aliphatic heterocycles. The molecule has 0 radical (unpaired) electrons. The Labute approximate surface area is 71.9 Å². The number of pyridine rings is 1. The Kier molecular flexibility index (Phi) is 2.88. The molecule has 0 aliphatic carbocycles. The van der Waals surface area contributed by atoms with Crippen molar-refractivity contribution < 1.29 is 4.84 Å². The van der Waals surface area contributed by atoms with E-state index in [-0.39, 0.29) is 0 Å². The average Bonchev–Trinajstić information content (AvgIpc) is 2.05. The molecule has 66 valence electrons. The number of hydrogen-bond acceptors (Lipinski definition) is 4. The Balaban J connectivity index is 2.79. The van der Waals surface area contributed by atoms with E-state index in [0.29, 0.717) is 12.3 Å². The maximum atomic E-state index is 5.67. The predicted molar refractivity (Wildman–Crippen MR) is 48.7 cm³/mol. The molecule has 1 aromatic rings. The minimum absolute atomic E-state index is 0.619. The normalized spacial score (nSPS) is 9.83. The Bertz CT molecular complexity index is 252. The fraction of sp³-hybridized carbons (Fsp3) is 0.375. The molecule has 0 saturated heterocycles. The quantitative estimate of drug-likeness (QED) is 0.684. The lowest BCUT2D eigenvalue weighted by atomic mass is 10.3. The Morgan fingerprint density at radius 3 is 3.00 bits per heavy atom. The number of hydrogen-bond donors (Lipinski definition) is 1. The first-order valence-corrected chi connectivity index (χ1v) is 3.81. The second-order valence-corrected chi connectivity index (χ2v) is 2.35. The molecule has 0 bridgehead atoms. The van der Waals surface area contributed by atoms with Gasteiger partial charge in [0.05, 0.1) is 24.2 Å². The standard InChI is InChI=1S/C8H13N3O/c1-3-12-11(2)8-4-5-10-6-7(8)9/h4-6H,3,9H2,1-2H3. The SMILES string of the molecule is CCON(C)c1ccncc1N. The first-order valence-electron chi connectivity index (χ1n) is 3.81. The van der Waals surface area contributed by atoms with Crippen LogP contribution in [0.5, 0.6) is 0 Å². The summed E-state index contributed by atoms with van der Waals surface area (Å²) in [6.45, 7) is 2.55. The highest BCUT2D eigenvalue weighted by molar-refractivity contribution is 5.64. The van der Waals surface area contributed by atoms with E-state index in [9.17, 15) is 0 Å². The van der Waals surface area contributed by atoms with Crippen LogP contribution in [0, 0.1) is 0 Å². The van der Waals surface area contributed by atoms with Crippen LogP contribution in [0.15, 0.2) is 18.5 Å². The smallest absolute Gasteiger partial charge is 0.0893 e. The fourth-order valence-corrected chi connectivity index (χ4v) is 0.949.